The highest BCUT2D eigenvalue weighted by Crippen LogP contribution is 2.40. The number of hydrogen-bond acceptors (Lipinski definition) is 2. The van der Waals surface area contributed by atoms with E-state index in [1.54, 1.807) is 31.3 Å². The van der Waals surface area contributed by atoms with Gasteiger partial charge in [0, 0.05) is 9.40 Å². The summed E-state index contributed by atoms with van der Waals surface area (Å²) in [5.74, 6) is 0. The predicted molar refractivity (Wildman–Crippen MR) is 205 cm³/mol. The Labute approximate surface area is 282 Å². The molecule has 0 aliphatic carbocycles. The highest BCUT2D eigenvalue weighted by Gasteiger charge is 2.15. The summed E-state index contributed by atoms with van der Waals surface area (Å²) in [6, 6.07) is 4.88. The van der Waals surface area contributed by atoms with E-state index in [-0.39, 0.29) is 0 Å². The van der Waals surface area contributed by atoms with Gasteiger partial charge >= 0.3 is 0 Å². The first-order chi connectivity index (χ1) is 21.9. The van der Waals surface area contributed by atoms with E-state index in [4.69, 9.17) is 0 Å². The molecule has 0 aliphatic heterocycles. The van der Waals surface area contributed by atoms with Crippen molar-refractivity contribution < 1.29 is 0 Å². The van der Waals surface area contributed by atoms with Gasteiger partial charge < -0.3 is 0 Å². The zero-order valence-electron chi connectivity index (χ0n) is 29.3. The van der Waals surface area contributed by atoms with Crippen LogP contribution in [0.1, 0.15) is 205 Å². The van der Waals surface area contributed by atoms with E-state index in [0.717, 1.165) is 0 Å². The van der Waals surface area contributed by atoms with E-state index in [1.165, 1.54) is 193 Å². The van der Waals surface area contributed by atoms with Crippen LogP contribution in [0, 0.1) is 0 Å². The van der Waals surface area contributed by atoms with E-state index < -0.39 is 0 Å². The van der Waals surface area contributed by atoms with Crippen molar-refractivity contribution in [2.24, 2.45) is 0 Å². The molecular weight excluding hydrogens is 569 g/mol. The number of benzene rings is 1. The summed E-state index contributed by atoms with van der Waals surface area (Å²) in [7, 11) is 0. The van der Waals surface area contributed by atoms with Gasteiger partial charge in [-0.05, 0) is 70.5 Å². The van der Waals surface area contributed by atoms with Gasteiger partial charge in [-0.1, -0.05) is 181 Å². The molecule has 0 unspecified atom stereocenters. The summed E-state index contributed by atoms with van der Waals surface area (Å²) in [6.07, 6.45) is 42.8. The molecule has 0 saturated carbocycles. The molecule has 0 radical (unpaired) electrons. The molecule has 2 heterocycles. The van der Waals surface area contributed by atoms with E-state index in [9.17, 15) is 0 Å². The second kappa shape index (κ2) is 25.3. The van der Waals surface area contributed by atoms with Crippen molar-refractivity contribution in [3.05, 3.63) is 34.0 Å². The Balaban J connectivity index is 1.28. The lowest BCUT2D eigenvalue weighted by Gasteiger charge is -2.12. The fourth-order valence-corrected chi connectivity index (χ4v) is 9.32. The highest BCUT2D eigenvalue weighted by atomic mass is 32.1. The molecule has 2 heteroatoms. The van der Waals surface area contributed by atoms with Gasteiger partial charge in [0.25, 0.3) is 0 Å². The maximum Gasteiger partial charge on any atom is 0.0384 e. The molecule has 0 bridgehead atoms. The van der Waals surface area contributed by atoms with Crippen molar-refractivity contribution in [2.75, 3.05) is 0 Å². The molecule has 0 atom stereocenters. The lowest BCUT2D eigenvalue weighted by molar-refractivity contribution is 0.535. The fourth-order valence-electron chi connectivity index (χ4n) is 7.29. The monoisotopic (exact) mass is 638 g/mol. The Bertz CT molecular complexity index is 940. The second-order valence-electron chi connectivity index (χ2n) is 14.0. The number of thiophene rings is 2. The number of fused-ring (bicyclic) bond motifs is 2. The van der Waals surface area contributed by atoms with Crippen LogP contribution in [0.5, 0.6) is 0 Å². The molecule has 0 spiro atoms. The van der Waals surface area contributed by atoms with Crippen molar-refractivity contribution in [3.63, 3.8) is 0 Å². The van der Waals surface area contributed by atoms with Gasteiger partial charge in [-0.3, -0.25) is 0 Å². The summed E-state index contributed by atoms with van der Waals surface area (Å²) >= 11 is 4.00. The van der Waals surface area contributed by atoms with Crippen LogP contribution in [0.3, 0.4) is 0 Å². The SMILES string of the molecule is CCCCCCCCCCCCCCCCc1c2ccsc2c(CCCCCCCCCCCCCCCC)c2ccsc12. The predicted octanol–water partition coefficient (Wildman–Crippen LogP) is 16.2. The standard InChI is InChI=1S/C42H70S2/c1-3-5-7-9-11-13-15-17-19-21-23-25-27-29-31-37-39-33-35-44-42(39)38(40-34-36-43-41(37)40)32-30-28-26-24-22-20-18-16-14-12-10-8-6-4-2/h33-36H,3-32H2,1-2H3. The van der Waals surface area contributed by atoms with Crippen molar-refractivity contribution >= 4 is 42.8 Å². The molecule has 0 aliphatic rings. The van der Waals surface area contributed by atoms with Crippen molar-refractivity contribution in [3.8, 4) is 0 Å². The normalized spacial score (nSPS) is 11.9. The average Bonchev–Trinajstić information content (AvgIpc) is 3.73. The fraction of sp³-hybridized carbons (Fsp3) is 0.762. The molecule has 0 amide bonds. The van der Waals surface area contributed by atoms with Gasteiger partial charge in [-0.2, -0.15) is 0 Å². The number of aryl methyl sites for hydroxylation is 2. The largest absolute Gasteiger partial charge is 0.143 e. The molecular formula is C42H70S2. The molecule has 2 aromatic heterocycles. The summed E-state index contributed by atoms with van der Waals surface area (Å²) in [5, 5.41) is 7.88. The van der Waals surface area contributed by atoms with E-state index in [0.29, 0.717) is 0 Å². The lowest BCUT2D eigenvalue weighted by atomic mass is 9.95. The second-order valence-corrected chi connectivity index (χ2v) is 15.8. The first-order valence-corrected chi connectivity index (χ1v) is 21.5. The Hall–Kier alpha value is -0.860. The van der Waals surface area contributed by atoms with Gasteiger partial charge in [0.2, 0.25) is 0 Å². The van der Waals surface area contributed by atoms with Gasteiger partial charge in [0.05, 0.1) is 0 Å². The Kier molecular flexibility index (Phi) is 21.6. The molecule has 250 valence electrons. The number of unbranched alkanes of at least 4 members (excludes halogenated alkanes) is 26. The van der Waals surface area contributed by atoms with Crippen LogP contribution < -0.4 is 0 Å². The minimum Gasteiger partial charge on any atom is -0.143 e. The first-order valence-electron chi connectivity index (χ1n) is 19.7. The third-order valence-electron chi connectivity index (χ3n) is 10.1. The van der Waals surface area contributed by atoms with Crippen LogP contribution in [-0.4, -0.2) is 0 Å². The molecule has 3 aromatic rings. The summed E-state index contributed by atoms with van der Waals surface area (Å²) < 4.78 is 3.21. The van der Waals surface area contributed by atoms with Crippen LogP contribution in [0.2, 0.25) is 0 Å². The number of rotatable bonds is 30. The molecule has 0 N–H and O–H groups in total. The van der Waals surface area contributed by atoms with Crippen LogP contribution in [0.25, 0.3) is 20.2 Å². The maximum atomic E-state index is 2.44. The molecule has 0 fully saturated rings. The Morgan fingerprint density at radius 3 is 0.864 bits per heavy atom. The summed E-state index contributed by atoms with van der Waals surface area (Å²) in [5.41, 5.74) is 3.32. The van der Waals surface area contributed by atoms with E-state index >= 15 is 0 Å². The van der Waals surface area contributed by atoms with E-state index in [1.807, 2.05) is 22.7 Å². The van der Waals surface area contributed by atoms with Gasteiger partial charge in [0.1, 0.15) is 0 Å². The van der Waals surface area contributed by atoms with Crippen LogP contribution in [-0.2, 0) is 12.8 Å². The average molecular weight is 639 g/mol. The quantitative estimate of drug-likeness (QED) is 0.0637. The van der Waals surface area contributed by atoms with Gasteiger partial charge in [0.15, 0.2) is 0 Å². The van der Waals surface area contributed by atoms with Crippen molar-refractivity contribution in [1.82, 2.24) is 0 Å². The molecule has 1 aromatic carbocycles. The lowest BCUT2D eigenvalue weighted by Crippen LogP contribution is -1.93. The van der Waals surface area contributed by atoms with E-state index in [2.05, 4.69) is 36.7 Å². The third kappa shape index (κ3) is 14.7. The van der Waals surface area contributed by atoms with Crippen LogP contribution in [0.4, 0.5) is 0 Å². The Morgan fingerprint density at radius 2 is 0.591 bits per heavy atom. The summed E-state index contributed by atoms with van der Waals surface area (Å²) in [4.78, 5) is 0. The highest BCUT2D eigenvalue weighted by molar-refractivity contribution is 7.19. The molecule has 0 nitrogen and oxygen atoms in total. The minimum absolute atomic E-state index is 1.27. The van der Waals surface area contributed by atoms with Gasteiger partial charge in [-0.15, -0.1) is 22.7 Å². The third-order valence-corrected chi connectivity index (χ3v) is 12.0. The molecule has 44 heavy (non-hydrogen) atoms. The van der Waals surface area contributed by atoms with Gasteiger partial charge in [-0.25, -0.2) is 0 Å². The molecule has 0 saturated heterocycles. The number of hydrogen-bond donors (Lipinski definition) is 0. The van der Waals surface area contributed by atoms with Crippen molar-refractivity contribution in [1.29, 1.82) is 0 Å². The summed E-state index contributed by atoms with van der Waals surface area (Å²) in [6.45, 7) is 4.62. The van der Waals surface area contributed by atoms with Crippen LogP contribution in [0.15, 0.2) is 22.9 Å². The maximum absolute atomic E-state index is 2.44. The topological polar surface area (TPSA) is 0 Å². The minimum atomic E-state index is 1.27. The zero-order chi connectivity index (χ0) is 30.9. The van der Waals surface area contributed by atoms with Crippen LogP contribution >= 0.6 is 22.7 Å². The van der Waals surface area contributed by atoms with Crippen molar-refractivity contribution in [2.45, 2.75) is 206 Å². The Morgan fingerprint density at radius 1 is 0.341 bits per heavy atom. The smallest absolute Gasteiger partial charge is 0.0384 e. The molecule has 3 rings (SSSR count). The zero-order valence-corrected chi connectivity index (χ0v) is 31.0. The first kappa shape index (κ1) is 37.6.